The van der Waals surface area contributed by atoms with Gasteiger partial charge in [0.2, 0.25) is 0 Å². The summed E-state index contributed by atoms with van der Waals surface area (Å²) in [6.45, 7) is 1.98. The van der Waals surface area contributed by atoms with E-state index in [0.717, 1.165) is 32.7 Å². The number of hydrogen-bond donors (Lipinski definition) is 2. The molecular formula is C16H14ClN3. The molecule has 1 aromatic heterocycles. The van der Waals surface area contributed by atoms with E-state index in [1.54, 1.807) is 12.4 Å². The number of aryl methyl sites for hydroxylation is 1. The van der Waals surface area contributed by atoms with Crippen LogP contribution in [-0.4, -0.2) is 4.98 Å². The molecule has 0 saturated carbocycles. The van der Waals surface area contributed by atoms with Crippen molar-refractivity contribution >= 4 is 39.4 Å². The Bertz CT molecular complexity index is 784. The van der Waals surface area contributed by atoms with Gasteiger partial charge in [-0.15, -0.1) is 0 Å². The van der Waals surface area contributed by atoms with Crippen molar-refractivity contribution in [1.29, 1.82) is 0 Å². The van der Waals surface area contributed by atoms with Crippen LogP contribution in [0.2, 0.25) is 5.02 Å². The van der Waals surface area contributed by atoms with E-state index in [1.165, 1.54) is 0 Å². The molecule has 0 bridgehead atoms. The van der Waals surface area contributed by atoms with Gasteiger partial charge in [0.05, 0.1) is 11.4 Å². The van der Waals surface area contributed by atoms with Crippen LogP contribution in [0.15, 0.2) is 48.8 Å². The average molecular weight is 284 g/mol. The monoisotopic (exact) mass is 283 g/mol. The maximum Gasteiger partial charge on any atom is 0.0634 e. The number of pyridine rings is 1. The van der Waals surface area contributed by atoms with Crippen molar-refractivity contribution < 1.29 is 0 Å². The molecule has 0 atom stereocenters. The van der Waals surface area contributed by atoms with E-state index in [-0.39, 0.29) is 0 Å². The SMILES string of the molecule is Cc1ccc(Nc2ccc3cnccc3c2N)cc1Cl. The third-order valence-corrected chi connectivity index (χ3v) is 3.72. The first-order valence-corrected chi connectivity index (χ1v) is 6.68. The van der Waals surface area contributed by atoms with Crippen LogP contribution in [0, 0.1) is 6.92 Å². The molecule has 3 N–H and O–H groups in total. The number of hydrogen-bond acceptors (Lipinski definition) is 3. The standard InChI is InChI=1S/C16H14ClN3/c1-10-2-4-12(8-14(10)17)20-15-5-3-11-9-19-7-6-13(11)16(15)18/h2-9,20H,18H2,1H3. The van der Waals surface area contributed by atoms with E-state index < -0.39 is 0 Å². The number of aromatic nitrogens is 1. The number of nitrogen functional groups attached to an aromatic ring is 1. The van der Waals surface area contributed by atoms with Gasteiger partial charge in [-0.25, -0.2) is 0 Å². The summed E-state index contributed by atoms with van der Waals surface area (Å²) in [7, 11) is 0. The minimum atomic E-state index is 0.710. The zero-order chi connectivity index (χ0) is 14.1. The molecule has 0 radical (unpaired) electrons. The number of fused-ring (bicyclic) bond motifs is 1. The minimum absolute atomic E-state index is 0.710. The van der Waals surface area contributed by atoms with Gasteiger partial charge >= 0.3 is 0 Å². The van der Waals surface area contributed by atoms with Crippen LogP contribution in [0.25, 0.3) is 10.8 Å². The maximum atomic E-state index is 6.21. The maximum absolute atomic E-state index is 6.21. The lowest BCUT2D eigenvalue weighted by Crippen LogP contribution is -1.97. The number of anilines is 3. The van der Waals surface area contributed by atoms with E-state index in [9.17, 15) is 0 Å². The number of rotatable bonds is 2. The van der Waals surface area contributed by atoms with Gasteiger partial charge in [-0.05, 0) is 36.8 Å². The fraction of sp³-hybridized carbons (Fsp3) is 0.0625. The summed E-state index contributed by atoms with van der Waals surface area (Å²) in [5.74, 6) is 0. The molecule has 100 valence electrons. The Balaban J connectivity index is 2.02. The molecule has 0 saturated heterocycles. The molecule has 4 heteroatoms. The smallest absolute Gasteiger partial charge is 0.0634 e. The van der Waals surface area contributed by atoms with Gasteiger partial charge in [0.15, 0.2) is 0 Å². The summed E-state index contributed by atoms with van der Waals surface area (Å²) in [6, 6.07) is 11.7. The van der Waals surface area contributed by atoms with E-state index in [4.69, 9.17) is 17.3 Å². The first-order valence-electron chi connectivity index (χ1n) is 6.30. The molecule has 1 heterocycles. The largest absolute Gasteiger partial charge is 0.397 e. The fourth-order valence-electron chi connectivity index (χ4n) is 2.13. The molecular weight excluding hydrogens is 270 g/mol. The summed E-state index contributed by atoms with van der Waals surface area (Å²) < 4.78 is 0. The predicted molar refractivity (Wildman–Crippen MR) is 85.6 cm³/mol. The van der Waals surface area contributed by atoms with Crippen LogP contribution in [0.3, 0.4) is 0 Å². The molecule has 0 spiro atoms. The topological polar surface area (TPSA) is 50.9 Å². The van der Waals surface area contributed by atoms with Crippen LogP contribution < -0.4 is 11.1 Å². The number of benzene rings is 2. The zero-order valence-electron chi connectivity index (χ0n) is 11.0. The lowest BCUT2D eigenvalue weighted by Gasteiger charge is -2.12. The van der Waals surface area contributed by atoms with Crippen LogP contribution >= 0.6 is 11.6 Å². The van der Waals surface area contributed by atoms with Crippen molar-refractivity contribution in [3.63, 3.8) is 0 Å². The minimum Gasteiger partial charge on any atom is -0.397 e. The summed E-state index contributed by atoms with van der Waals surface area (Å²) in [5.41, 5.74) is 9.75. The highest BCUT2D eigenvalue weighted by Gasteiger charge is 2.05. The first-order chi connectivity index (χ1) is 9.65. The van der Waals surface area contributed by atoms with Crippen LogP contribution in [0.4, 0.5) is 17.1 Å². The van der Waals surface area contributed by atoms with Gasteiger partial charge in [0, 0.05) is 33.9 Å². The molecule has 0 aliphatic rings. The third-order valence-electron chi connectivity index (χ3n) is 3.31. The Labute approximate surface area is 122 Å². The van der Waals surface area contributed by atoms with Gasteiger partial charge in [-0.1, -0.05) is 23.7 Å². The zero-order valence-corrected chi connectivity index (χ0v) is 11.8. The second kappa shape index (κ2) is 5.02. The van der Waals surface area contributed by atoms with Crippen molar-refractivity contribution in [3.05, 3.63) is 59.4 Å². The highest BCUT2D eigenvalue weighted by Crippen LogP contribution is 2.31. The molecule has 3 nitrogen and oxygen atoms in total. The Morgan fingerprint density at radius 1 is 1.15 bits per heavy atom. The normalized spacial score (nSPS) is 10.7. The molecule has 20 heavy (non-hydrogen) atoms. The van der Waals surface area contributed by atoms with Gasteiger partial charge in [0.1, 0.15) is 0 Å². The van der Waals surface area contributed by atoms with Gasteiger partial charge in [-0.2, -0.15) is 0 Å². The number of nitrogens with one attached hydrogen (secondary N) is 1. The van der Waals surface area contributed by atoms with Crippen molar-refractivity contribution in [2.75, 3.05) is 11.1 Å². The highest BCUT2D eigenvalue weighted by atomic mass is 35.5. The van der Waals surface area contributed by atoms with Gasteiger partial charge < -0.3 is 11.1 Å². The van der Waals surface area contributed by atoms with Crippen molar-refractivity contribution in [2.24, 2.45) is 0 Å². The molecule has 0 aliphatic carbocycles. The van der Waals surface area contributed by atoms with Crippen LogP contribution in [0.5, 0.6) is 0 Å². The third kappa shape index (κ3) is 2.28. The fourth-order valence-corrected chi connectivity index (χ4v) is 2.31. The summed E-state index contributed by atoms with van der Waals surface area (Å²) in [6.07, 6.45) is 3.55. The van der Waals surface area contributed by atoms with Gasteiger partial charge in [0.25, 0.3) is 0 Å². The number of halogens is 1. The Kier molecular flexibility index (Phi) is 3.20. The molecule has 3 aromatic rings. The van der Waals surface area contributed by atoms with Crippen molar-refractivity contribution in [3.8, 4) is 0 Å². The summed E-state index contributed by atoms with van der Waals surface area (Å²) >= 11 is 6.14. The number of nitrogens with zero attached hydrogens (tertiary/aromatic N) is 1. The molecule has 0 unspecified atom stereocenters. The second-order valence-corrected chi connectivity index (χ2v) is 5.12. The van der Waals surface area contributed by atoms with Gasteiger partial charge in [-0.3, -0.25) is 4.98 Å². The molecule has 0 fully saturated rings. The molecule has 0 amide bonds. The molecule has 3 rings (SSSR count). The van der Waals surface area contributed by atoms with E-state index >= 15 is 0 Å². The van der Waals surface area contributed by atoms with E-state index in [0.29, 0.717) is 5.69 Å². The van der Waals surface area contributed by atoms with Crippen molar-refractivity contribution in [1.82, 2.24) is 4.98 Å². The lowest BCUT2D eigenvalue weighted by atomic mass is 10.1. The van der Waals surface area contributed by atoms with Crippen molar-refractivity contribution in [2.45, 2.75) is 6.92 Å². The van der Waals surface area contributed by atoms with E-state index in [2.05, 4.69) is 10.3 Å². The summed E-state index contributed by atoms with van der Waals surface area (Å²) in [5, 5.41) is 6.05. The Morgan fingerprint density at radius 3 is 2.80 bits per heavy atom. The Hall–Kier alpha value is -2.26. The van der Waals surface area contributed by atoms with Crippen LogP contribution in [-0.2, 0) is 0 Å². The summed E-state index contributed by atoms with van der Waals surface area (Å²) in [4.78, 5) is 4.10. The highest BCUT2D eigenvalue weighted by molar-refractivity contribution is 6.31. The predicted octanol–water partition coefficient (Wildman–Crippen LogP) is 4.52. The average Bonchev–Trinajstić information content (AvgIpc) is 2.46. The molecule has 0 aliphatic heterocycles. The second-order valence-electron chi connectivity index (χ2n) is 4.71. The molecule has 2 aromatic carbocycles. The quantitative estimate of drug-likeness (QED) is 0.680. The van der Waals surface area contributed by atoms with E-state index in [1.807, 2.05) is 43.3 Å². The number of nitrogens with two attached hydrogens (primary N) is 1. The van der Waals surface area contributed by atoms with Crippen LogP contribution in [0.1, 0.15) is 5.56 Å². The Morgan fingerprint density at radius 2 is 2.00 bits per heavy atom. The first kappa shape index (κ1) is 12.8. The lowest BCUT2D eigenvalue weighted by molar-refractivity contribution is 1.36.